The molecule has 7 nitrogen and oxygen atoms in total. The average Bonchev–Trinajstić information content (AvgIpc) is 3.45. The van der Waals surface area contributed by atoms with E-state index in [4.69, 9.17) is 0 Å². The zero-order valence-electron chi connectivity index (χ0n) is 16.9. The van der Waals surface area contributed by atoms with Crippen molar-refractivity contribution < 1.29 is 17.6 Å². The predicted molar refractivity (Wildman–Crippen MR) is 121 cm³/mol. The second-order valence-corrected chi connectivity index (χ2v) is 9.79. The van der Waals surface area contributed by atoms with Gasteiger partial charge in [-0.05, 0) is 54.3 Å². The van der Waals surface area contributed by atoms with Crippen molar-refractivity contribution in [3.8, 4) is 5.69 Å². The number of imidazole rings is 1. The van der Waals surface area contributed by atoms with Gasteiger partial charge in [0.2, 0.25) is 0 Å². The van der Waals surface area contributed by atoms with Crippen LogP contribution < -0.4 is 10.0 Å². The topological polar surface area (TPSA) is 93.1 Å². The van der Waals surface area contributed by atoms with E-state index in [0.29, 0.717) is 17.1 Å². The Kier molecular flexibility index (Phi) is 6.06. The van der Waals surface area contributed by atoms with Crippen molar-refractivity contribution in [1.29, 1.82) is 0 Å². The van der Waals surface area contributed by atoms with Gasteiger partial charge in [-0.15, -0.1) is 11.3 Å². The number of thiophene rings is 1. The number of halogens is 1. The highest BCUT2D eigenvalue weighted by Gasteiger charge is 2.16. The van der Waals surface area contributed by atoms with Gasteiger partial charge >= 0.3 is 0 Å². The third kappa shape index (κ3) is 4.71. The maximum absolute atomic E-state index is 14.5. The minimum atomic E-state index is -3.71. The van der Waals surface area contributed by atoms with Gasteiger partial charge in [0.25, 0.3) is 15.9 Å². The molecule has 2 aromatic carbocycles. The van der Waals surface area contributed by atoms with Crippen LogP contribution in [0.1, 0.15) is 21.7 Å². The first kappa shape index (κ1) is 21.7. The molecule has 0 saturated heterocycles. The maximum atomic E-state index is 14.5. The Morgan fingerprint density at radius 3 is 2.69 bits per heavy atom. The van der Waals surface area contributed by atoms with Crippen molar-refractivity contribution >= 4 is 33.0 Å². The van der Waals surface area contributed by atoms with Crippen LogP contribution in [-0.2, 0) is 16.6 Å². The van der Waals surface area contributed by atoms with Gasteiger partial charge in [0.1, 0.15) is 15.9 Å². The van der Waals surface area contributed by atoms with Crippen LogP contribution in [0.25, 0.3) is 5.69 Å². The summed E-state index contributed by atoms with van der Waals surface area (Å²) >= 11 is 1.10. The van der Waals surface area contributed by atoms with E-state index < -0.39 is 21.7 Å². The lowest BCUT2D eigenvalue weighted by Crippen LogP contribution is -2.23. The Bertz CT molecular complexity index is 1370. The van der Waals surface area contributed by atoms with Crippen molar-refractivity contribution in [3.63, 3.8) is 0 Å². The molecule has 0 unspecified atom stereocenters. The molecule has 2 aromatic heterocycles. The molecular formula is C22H19FN4O3S2. The zero-order valence-corrected chi connectivity index (χ0v) is 18.6. The smallest absolute Gasteiger partial charge is 0.271 e. The summed E-state index contributed by atoms with van der Waals surface area (Å²) in [6.45, 7) is 1.90. The van der Waals surface area contributed by atoms with Crippen molar-refractivity contribution in [1.82, 2.24) is 14.9 Å². The first-order valence-electron chi connectivity index (χ1n) is 9.57. The van der Waals surface area contributed by atoms with Crippen molar-refractivity contribution in [2.45, 2.75) is 17.7 Å². The van der Waals surface area contributed by atoms with Crippen molar-refractivity contribution in [2.24, 2.45) is 0 Å². The Labute approximate surface area is 188 Å². The fraction of sp³-hybridized carbons (Fsp3) is 0.0909. The summed E-state index contributed by atoms with van der Waals surface area (Å²) in [7, 11) is -3.71. The van der Waals surface area contributed by atoms with E-state index in [-0.39, 0.29) is 22.0 Å². The third-order valence-electron chi connectivity index (χ3n) is 4.69. The Morgan fingerprint density at radius 1 is 1.16 bits per heavy atom. The van der Waals surface area contributed by atoms with Gasteiger partial charge in [-0.2, -0.15) is 0 Å². The largest absolute Gasteiger partial charge is 0.348 e. The van der Waals surface area contributed by atoms with Gasteiger partial charge in [0.15, 0.2) is 0 Å². The normalized spacial score (nSPS) is 11.3. The molecule has 0 atom stereocenters. The van der Waals surface area contributed by atoms with E-state index in [0.717, 1.165) is 11.3 Å². The summed E-state index contributed by atoms with van der Waals surface area (Å²) in [4.78, 5) is 16.6. The van der Waals surface area contributed by atoms with Gasteiger partial charge in [-0.25, -0.2) is 17.8 Å². The fourth-order valence-corrected chi connectivity index (χ4v) is 5.16. The summed E-state index contributed by atoms with van der Waals surface area (Å²) in [5, 5.41) is 4.40. The van der Waals surface area contributed by atoms with Crippen molar-refractivity contribution in [2.75, 3.05) is 4.72 Å². The van der Waals surface area contributed by atoms with Crippen LogP contribution >= 0.6 is 11.3 Å². The molecule has 0 bridgehead atoms. The van der Waals surface area contributed by atoms with E-state index in [1.165, 1.54) is 18.2 Å². The number of hydrogen-bond acceptors (Lipinski definition) is 5. The minimum absolute atomic E-state index is 0.115. The molecule has 10 heteroatoms. The molecule has 2 heterocycles. The van der Waals surface area contributed by atoms with Gasteiger partial charge in [0, 0.05) is 30.2 Å². The van der Waals surface area contributed by atoms with Crippen LogP contribution in [0, 0.1) is 12.7 Å². The summed E-state index contributed by atoms with van der Waals surface area (Å²) in [6.07, 6.45) is 3.27. The molecular weight excluding hydrogens is 451 g/mol. The monoisotopic (exact) mass is 470 g/mol. The molecule has 2 N–H and O–H groups in total. The lowest BCUT2D eigenvalue weighted by atomic mass is 10.1. The number of amides is 1. The first-order valence-corrected chi connectivity index (χ1v) is 11.9. The first-order chi connectivity index (χ1) is 15.3. The number of sulfonamides is 1. The summed E-state index contributed by atoms with van der Waals surface area (Å²) < 4.78 is 43.6. The summed E-state index contributed by atoms with van der Waals surface area (Å²) in [5.74, 6) is -0.167. The number of hydrogen-bond donors (Lipinski definition) is 2. The second kappa shape index (κ2) is 8.93. The highest BCUT2D eigenvalue weighted by Crippen LogP contribution is 2.21. The molecule has 0 aliphatic rings. The van der Waals surface area contributed by atoms with Crippen LogP contribution in [0.2, 0.25) is 0 Å². The van der Waals surface area contributed by atoms with E-state index in [1.807, 2.05) is 0 Å². The molecule has 164 valence electrons. The number of aromatic nitrogens is 2. The van der Waals surface area contributed by atoms with E-state index in [2.05, 4.69) is 15.0 Å². The van der Waals surface area contributed by atoms with Crippen LogP contribution in [0.3, 0.4) is 0 Å². The summed E-state index contributed by atoms with van der Waals surface area (Å²) in [6, 6.07) is 14.0. The highest BCUT2D eigenvalue weighted by molar-refractivity contribution is 7.94. The molecule has 0 saturated carbocycles. The van der Waals surface area contributed by atoms with E-state index in [9.17, 15) is 17.6 Å². The second-order valence-electron chi connectivity index (χ2n) is 6.93. The lowest BCUT2D eigenvalue weighted by Gasteiger charge is -2.11. The number of carbonyl (C=O) groups excluding carboxylic acids is 1. The molecule has 0 aliphatic carbocycles. The number of nitrogens with one attached hydrogen (secondary N) is 2. The van der Waals surface area contributed by atoms with Crippen LogP contribution in [0.15, 0.2) is 76.6 Å². The molecule has 0 radical (unpaired) electrons. The van der Waals surface area contributed by atoms with Gasteiger partial charge in [-0.1, -0.05) is 18.2 Å². The van der Waals surface area contributed by atoms with E-state index in [1.54, 1.807) is 65.7 Å². The van der Waals surface area contributed by atoms with Crippen LogP contribution in [0.4, 0.5) is 10.1 Å². The molecule has 4 aromatic rings. The molecule has 32 heavy (non-hydrogen) atoms. The third-order valence-corrected chi connectivity index (χ3v) is 7.47. The van der Waals surface area contributed by atoms with Gasteiger partial charge in [0.05, 0.1) is 5.69 Å². The van der Waals surface area contributed by atoms with Gasteiger partial charge < -0.3 is 9.88 Å². The number of rotatable bonds is 7. The van der Waals surface area contributed by atoms with Crippen molar-refractivity contribution in [3.05, 3.63) is 95.1 Å². The number of anilines is 1. The molecule has 0 aliphatic heterocycles. The fourth-order valence-electron chi connectivity index (χ4n) is 3.12. The molecule has 4 rings (SSSR count). The maximum Gasteiger partial charge on any atom is 0.271 e. The van der Waals surface area contributed by atoms with Crippen LogP contribution in [-0.4, -0.2) is 23.9 Å². The predicted octanol–water partition coefficient (Wildman–Crippen LogP) is 4.11. The SMILES string of the molecule is Cc1nccn1-c1ccc(CNC(=O)c2cccc(NS(=O)(=O)c3cccs3)c2)cc1F. The number of nitrogens with zero attached hydrogens (tertiary/aromatic N) is 2. The number of carbonyl (C=O) groups is 1. The lowest BCUT2D eigenvalue weighted by molar-refractivity contribution is 0.0951. The highest BCUT2D eigenvalue weighted by atomic mass is 32.2. The average molecular weight is 471 g/mol. The molecule has 0 spiro atoms. The Hall–Kier alpha value is -3.50. The van der Waals surface area contributed by atoms with Gasteiger partial charge in [-0.3, -0.25) is 9.52 Å². The van der Waals surface area contributed by atoms with E-state index >= 15 is 0 Å². The number of aryl methyl sites for hydroxylation is 1. The number of benzene rings is 2. The Balaban J connectivity index is 1.43. The Morgan fingerprint density at radius 2 is 2.00 bits per heavy atom. The quantitative estimate of drug-likeness (QED) is 0.425. The standard InChI is InChI=1S/C22H19FN4O3S2/c1-15-24-9-10-27(15)20-8-7-16(12-19(20)23)14-25-22(28)17-4-2-5-18(13-17)26-32(29,30)21-6-3-11-31-21/h2-13,26H,14H2,1H3,(H,25,28). The molecule has 0 fully saturated rings. The molecule has 1 amide bonds. The minimum Gasteiger partial charge on any atom is -0.348 e. The zero-order chi connectivity index (χ0) is 22.7. The summed E-state index contributed by atoms with van der Waals surface area (Å²) in [5.41, 5.74) is 1.52. The van der Waals surface area contributed by atoms with Crippen LogP contribution in [0.5, 0.6) is 0 Å².